The van der Waals surface area contributed by atoms with Gasteiger partial charge in [-0.2, -0.15) is 0 Å². The van der Waals surface area contributed by atoms with Crippen molar-refractivity contribution in [1.82, 2.24) is 0 Å². The molecule has 1 heterocycles. The van der Waals surface area contributed by atoms with E-state index in [0.29, 0.717) is 6.04 Å². The first-order chi connectivity index (χ1) is 8.70. The average Bonchev–Trinajstić information content (AvgIpc) is 2.76. The summed E-state index contributed by atoms with van der Waals surface area (Å²) in [6, 6.07) is 2.48. The Morgan fingerprint density at radius 2 is 2.11 bits per heavy atom. The molecule has 0 radical (unpaired) electrons. The fourth-order valence-corrected chi connectivity index (χ4v) is 4.75. The largest absolute Gasteiger partial charge is 0.327 e. The van der Waals surface area contributed by atoms with Crippen molar-refractivity contribution in [3.8, 4) is 0 Å². The van der Waals surface area contributed by atoms with Gasteiger partial charge in [-0.15, -0.1) is 11.3 Å². The predicted octanol–water partition coefficient (Wildman–Crippen LogP) is 4.99. The maximum Gasteiger partial charge on any atom is 0.0314 e. The lowest BCUT2D eigenvalue weighted by molar-refractivity contribution is 0.233. The molecule has 1 unspecified atom stereocenters. The molecule has 0 amide bonds. The molecule has 1 nitrogen and oxygen atoms in total. The number of nitrogens with two attached hydrogens (primary N) is 1. The summed E-state index contributed by atoms with van der Waals surface area (Å²) in [5.74, 6) is 1.72. The predicted molar refractivity (Wildman–Crippen MR) is 84.1 cm³/mol. The fraction of sp³-hybridized carbons (Fsp3) is 0.733. The van der Waals surface area contributed by atoms with Gasteiger partial charge >= 0.3 is 0 Å². The van der Waals surface area contributed by atoms with Crippen molar-refractivity contribution < 1.29 is 0 Å². The van der Waals surface area contributed by atoms with Crippen molar-refractivity contribution in [3.63, 3.8) is 0 Å². The zero-order valence-electron chi connectivity index (χ0n) is 11.2. The van der Waals surface area contributed by atoms with E-state index in [1.165, 1.54) is 47.9 Å². The summed E-state index contributed by atoms with van der Waals surface area (Å²) in [5, 5.41) is 2.14. The van der Waals surface area contributed by atoms with Gasteiger partial charge in [-0.1, -0.05) is 32.6 Å². The van der Waals surface area contributed by atoms with E-state index in [9.17, 15) is 0 Å². The number of hydrogen-bond acceptors (Lipinski definition) is 2. The van der Waals surface area contributed by atoms with Crippen LogP contribution in [0.3, 0.4) is 0 Å². The Balaban J connectivity index is 1.80. The van der Waals surface area contributed by atoms with Gasteiger partial charge < -0.3 is 5.73 Å². The number of rotatable bonds is 5. The van der Waals surface area contributed by atoms with E-state index < -0.39 is 0 Å². The molecule has 1 aliphatic carbocycles. The third-order valence-corrected chi connectivity index (χ3v) is 6.25. The molecule has 1 aromatic heterocycles. The van der Waals surface area contributed by atoms with Crippen LogP contribution in [0.2, 0.25) is 0 Å². The van der Waals surface area contributed by atoms with Crippen LogP contribution in [0.25, 0.3) is 0 Å². The highest BCUT2D eigenvalue weighted by molar-refractivity contribution is 9.10. The highest BCUT2D eigenvalue weighted by Crippen LogP contribution is 2.34. The monoisotopic (exact) mass is 329 g/mol. The molecule has 3 heteroatoms. The third-order valence-electron chi connectivity index (χ3n) is 4.31. The lowest BCUT2D eigenvalue weighted by Gasteiger charge is -2.32. The SMILES string of the molecule is CCCC1CCC(C(N)Cc2sccc2Br)CC1. The third kappa shape index (κ3) is 3.82. The van der Waals surface area contributed by atoms with Crippen LogP contribution in [0.15, 0.2) is 15.9 Å². The van der Waals surface area contributed by atoms with Crippen LogP contribution in [-0.2, 0) is 6.42 Å². The van der Waals surface area contributed by atoms with Gasteiger partial charge in [-0.05, 0) is 58.5 Å². The average molecular weight is 330 g/mol. The Morgan fingerprint density at radius 1 is 1.39 bits per heavy atom. The van der Waals surface area contributed by atoms with Gasteiger partial charge in [0.05, 0.1) is 0 Å². The normalized spacial score (nSPS) is 26.2. The van der Waals surface area contributed by atoms with Crippen LogP contribution in [0, 0.1) is 11.8 Å². The quantitative estimate of drug-likeness (QED) is 0.809. The van der Waals surface area contributed by atoms with E-state index in [1.54, 1.807) is 0 Å². The topological polar surface area (TPSA) is 26.0 Å². The van der Waals surface area contributed by atoms with Gasteiger partial charge in [-0.25, -0.2) is 0 Å². The summed E-state index contributed by atoms with van der Waals surface area (Å²) >= 11 is 5.43. The zero-order chi connectivity index (χ0) is 13.0. The summed E-state index contributed by atoms with van der Waals surface area (Å²) in [6.45, 7) is 2.30. The van der Waals surface area contributed by atoms with E-state index in [0.717, 1.165) is 18.3 Å². The highest BCUT2D eigenvalue weighted by Gasteiger charge is 2.25. The molecule has 18 heavy (non-hydrogen) atoms. The van der Waals surface area contributed by atoms with E-state index in [4.69, 9.17) is 5.73 Å². The van der Waals surface area contributed by atoms with E-state index in [2.05, 4.69) is 34.3 Å². The Labute approximate surface area is 123 Å². The Morgan fingerprint density at radius 3 is 2.67 bits per heavy atom. The molecule has 102 valence electrons. The lowest BCUT2D eigenvalue weighted by Crippen LogP contribution is -2.34. The number of halogens is 1. The molecule has 2 rings (SSSR count). The number of thiophene rings is 1. The van der Waals surface area contributed by atoms with E-state index in [-0.39, 0.29) is 0 Å². The van der Waals surface area contributed by atoms with Crippen molar-refractivity contribution >= 4 is 27.3 Å². The maximum atomic E-state index is 6.41. The van der Waals surface area contributed by atoms with Crippen molar-refractivity contribution in [2.45, 2.75) is 57.9 Å². The first kappa shape index (κ1) is 14.5. The van der Waals surface area contributed by atoms with Gasteiger partial charge in [0.2, 0.25) is 0 Å². The molecular formula is C15H24BrNS. The molecule has 0 bridgehead atoms. The first-order valence-electron chi connectivity index (χ1n) is 7.18. The van der Waals surface area contributed by atoms with Crippen LogP contribution in [-0.4, -0.2) is 6.04 Å². The van der Waals surface area contributed by atoms with Crippen LogP contribution < -0.4 is 5.73 Å². The first-order valence-corrected chi connectivity index (χ1v) is 8.85. The van der Waals surface area contributed by atoms with Crippen molar-refractivity contribution in [3.05, 3.63) is 20.8 Å². The van der Waals surface area contributed by atoms with Gasteiger partial charge in [0, 0.05) is 15.4 Å². The molecule has 1 fully saturated rings. The molecule has 0 saturated heterocycles. The molecule has 2 N–H and O–H groups in total. The lowest BCUT2D eigenvalue weighted by atomic mass is 9.76. The minimum Gasteiger partial charge on any atom is -0.327 e. The van der Waals surface area contributed by atoms with Crippen LogP contribution in [0.5, 0.6) is 0 Å². The minimum absolute atomic E-state index is 0.350. The fourth-order valence-electron chi connectivity index (χ4n) is 3.16. The van der Waals surface area contributed by atoms with Gasteiger partial charge in [-0.3, -0.25) is 0 Å². The van der Waals surface area contributed by atoms with Crippen molar-refractivity contribution in [2.24, 2.45) is 17.6 Å². The molecule has 0 spiro atoms. The van der Waals surface area contributed by atoms with Crippen LogP contribution >= 0.6 is 27.3 Å². The minimum atomic E-state index is 0.350. The summed E-state index contributed by atoms with van der Waals surface area (Å²) < 4.78 is 1.24. The Bertz CT molecular complexity index is 355. The molecule has 1 aromatic rings. The van der Waals surface area contributed by atoms with Crippen molar-refractivity contribution in [2.75, 3.05) is 0 Å². The van der Waals surface area contributed by atoms with E-state index in [1.807, 2.05) is 11.3 Å². The second kappa shape index (κ2) is 7.06. The second-order valence-electron chi connectivity index (χ2n) is 5.63. The number of hydrogen-bond donors (Lipinski definition) is 1. The van der Waals surface area contributed by atoms with Gasteiger partial charge in [0.15, 0.2) is 0 Å². The van der Waals surface area contributed by atoms with Gasteiger partial charge in [0.25, 0.3) is 0 Å². The maximum absolute atomic E-state index is 6.41. The second-order valence-corrected chi connectivity index (χ2v) is 7.48. The van der Waals surface area contributed by atoms with Crippen LogP contribution in [0.4, 0.5) is 0 Å². The zero-order valence-corrected chi connectivity index (χ0v) is 13.6. The van der Waals surface area contributed by atoms with Crippen molar-refractivity contribution in [1.29, 1.82) is 0 Å². The Hall–Kier alpha value is 0.140. The summed E-state index contributed by atoms with van der Waals surface area (Å²) in [5.41, 5.74) is 6.41. The molecule has 1 saturated carbocycles. The highest BCUT2D eigenvalue weighted by atomic mass is 79.9. The molecule has 1 aliphatic rings. The molecule has 0 aromatic carbocycles. The standard InChI is InChI=1S/C15H24BrNS/c1-2-3-11-4-6-12(7-5-11)14(17)10-15-13(16)8-9-18-15/h8-9,11-12,14H,2-7,10,17H2,1H3. The van der Waals surface area contributed by atoms with Crippen LogP contribution in [0.1, 0.15) is 50.3 Å². The van der Waals surface area contributed by atoms with E-state index >= 15 is 0 Å². The summed E-state index contributed by atoms with van der Waals surface area (Å²) in [7, 11) is 0. The smallest absolute Gasteiger partial charge is 0.0314 e. The summed E-state index contributed by atoms with van der Waals surface area (Å²) in [6.07, 6.45) is 9.28. The van der Waals surface area contributed by atoms with Gasteiger partial charge in [0.1, 0.15) is 0 Å². The summed E-state index contributed by atoms with van der Waals surface area (Å²) in [4.78, 5) is 1.41. The molecular weight excluding hydrogens is 306 g/mol. The Kier molecular flexibility index (Phi) is 5.71. The molecule has 0 aliphatic heterocycles. The molecule has 1 atom stereocenters.